The van der Waals surface area contributed by atoms with Gasteiger partial charge in [0.05, 0.1) is 17.7 Å². The molecule has 5 nitrogen and oxygen atoms in total. The highest BCUT2D eigenvalue weighted by molar-refractivity contribution is 5.97. The van der Waals surface area contributed by atoms with E-state index in [1.54, 1.807) is 0 Å². The van der Waals surface area contributed by atoms with Crippen LogP contribution in [0.25, 0.3) is 0 Å². The first-order valence-electron chi connectivity index (χ1n) is 8.37. The molecule has 0 bridgehead atoms. The van der Waals surface area contributed by atoms with Gasteiger partial charge in [-0.05, 0) is 28.8 Å². The van der Waals surface area contributed by atoms with E-state index in [4.69, 9.17) is 0 Å². The maximum atomic E-state index is 12.9. The molecular formula is C19H19ClF3N3O2. The largest absolute Gasteiger partial charge is 0.417 e. The maximum Gasteiger partial charge on any atom is 0.417 e. The third kappa shape index (κ3) is 5.24. The summed E-state index contributed by atoms with van der Waals surface area (Å²) in [5, 5.41) is 8.10. The summed E-state index contributed by atoms with van der Waals surface area (Å²) in [5.41, 5.74) is 1.78. The summed E-state index contributed by atoms with van der Waals surface area (Å²) in [6.07, 6.45) is -4.64. The first kappa shape index (κ1) is 21.7. The lowest BCUT2D eigenvalue weighted by atomic mass is 10.1. The highest BCUT2D eigenvalue weighted by atomic mass is 35.5. The fourth-order valence-electron chi connectivity index (χ4n) is 2.91. The van der Waals surface area contributed by atoms with Crippen molar-refractivity contribution in [2.24, 2.45) is 0 Å². The van der Waals surface area contributed by atoms with E-state index >= 15 is 0 Å². The highest BCUT2D eigenvalue weighted by Crippen LogP contribution is 2.31. The lowest BCUT2D eigenvalue weighted by Gasteiger charge is -2.12. The quantitative estimate of drug-likeness (QED) is 0.706. The summed E-state index contributed by atoms with van der Waals surface area (Å²) in [6.45, 7) is 1.48. The van der Waals surface area contributed by atoms with Gasteiger partial charge in [-0.15, -0.1) is 12.4 Å². The smallest absolute Gasteiger partial charge is 0.350 e. The number of hydrogen-bond donors (Lipinski definition) is 3. The number of halogens is 4. The molecule has 2 aromatic carbocycles. The van der Waals surface area contributed by atoms with Crippen LogP contribution < -0.4 is 16.0 Å². The number of carbonyl (C=O) groups excluding carboxylic acids is 2. The zero-order chi connectivity index (χ0) is 19.4. The molecule has 9 heteroatoms. The average Bonchev–Trinajstić information content (AvgIpc) is 3.11. The summed E-state index contributed by atoms with van der Waals surface area (Å²) < 4.78 is 38.8. The maximum absolute atomic E-state index is 12.9. The zero-order valence-electron chi connectivity index (χ0n) is 14.7. The molecule has 0 saturated carbocycles. The Kier molecular flexibility index (Phi) is 7.04. The molecule has 0 aromatic heterocycles. The van der Waals surface area contributed by atoms with Crippen molar-refractivity contribution in [3.63, 3.8) is 0 Å². The Bertz CT molecular complexity index is 872. The molecule has 0 unspecified atom stereocenters. The first-order valence-corrected chi connectivity index (χ1v) is 8.37. The topological polar surface area (TPSA) is 70.2 Å². The number of nitrogens with one attached hydrogen (secondary N) is 3. The Morgan fingerprint density at radius 3 is 2.46 bits per heavy atom. The molecule has 2 aromatic rings. The van der Waals surface area contributed by atoms with Crippen LogP contribution in [0, 0.1) is 0 Å². The van der Waals surface area contributed by atoms with Gasteiger partial charge in [0.25, 0.3) is 5.91 Å². The van der Waals surface area contributed by atoms with Crippen LogP contribution in [0.1, 0.15) is 32.6 Å². The highest BCUT2D eigenvalue weighted by Gasteiger charge is 2.34. The Morgan fingerprint density at radius 1 is 1.00 bits per heavy atom. The average molecular weight is 414 g/mol. The molecule has 0 fully saturated rings. The van der Waals surface area contributed by atoms with Gasteiger partial charge in [-0.2, -0.15) is 13.2 Å². The number of benzene rings is 2. The molecule has 3 rings (SSSR count). The SMILES string of the molecule is Cl.O=C(CNC(=O)c1ccccc1C(F)(F)F)NCc1ccc2c(c1)CNC2. The van der Waals surface area contributed by atoms with E-state index in [9.17, 15) is 22.8 Å². The second-order valence-electron chi connectivity index (χ2n) is 6.21. The fourth-order valence-corrected chi connectivity index (χ4v) is 2.91. The van der Waals surface area contributed by atoms with Crippen LogP contribution in [0.5, 0.6) is 0 Å². The summed E-state index contributed by atoms with van der Waals surface area (Å²) in [6, 6.07) is 10.3. The van der Waals surface area contributed by atoms with Crippen molar-refractivity contribution in [2.45, 2.75) is 25.8 Å². The van der Waals surface area contributed by atoms with E-state index in [1.807, 2.05) is 18.2 Å². The van der Waals surface area contributed by atoms with Gasteiger partial charge in [-0.1, -0.05) is 30.3 Å². The molecule has 0 spiro atoms. The van der Waals surface area contributed by atoms with Crippen LogP contribution in [0.3, 0.4) is 0 Å². The van der Waals surface area contributed by atoms with Crippen LogP contribution in [0.4, 0.5) is 13.2 Å². The number of rotatable bonds is 5. The molecule has 1 heterocycles. The van der Waals surface area contributed by atoms with Gasteiger partial charge < -0.3 is 16.0 Å². The van der Waals surface area contributed by atoms with Crippen LogP contribution in [-0.2, 0) is 30.6 Å². The van der Waals surface area contributed by atoms with Gasteiger partial charge in [0.2, 0.25) is 5.91 Å². The van der Waals surface area contributed by atoms with Crippen LogP contribution in [0.2, 0.25) is 0 Å². The number of alkyl halides is 3. The van der Waals surface area contributed by atoms with Gasteiger partial charge in [0, 0.05) is 19.6 Å². The molecule has 0 saturated heterocycles. The van der Waals surface area contributed by atoms with Crippen LogP contribution in [-0.4, -0.2) is 18.4 Å². The second-order valence-corrected chi connectivity index (χ2v) is 6.21. The fraction of sp³-hybridized carbons (Fsp3) is 0.263. The molecule has 0 radical (unpaired) electrons. The van der Waals surface area contributed by atoms with Crippen molar-refractivity contribution < 1.29 is 22.8 Å². The van der Waals surface area contributed by atoms with Gasteiger partial charge in [0.15, 0.2) is 0 Å². The molecule has 3 N–H and O–H groups in total. The minimum atomic E-state index is -4.64. The summed E-state index contributed by atoms with van der Waals surface area (Å²) in [7, 11) is 0. The minimum absolute atomic E-state index is 0. The predicted molar refractivity (Wildman–Crippen MR) is 99.9 cm³/mol. The van der Waals surface area contributed by atoms with Crippen LogP contribution >= 0.6 is 12.4 Å². The van der Waals surface area contributed by atoms with Crippen molar-refractivity contribution in [2.75, 3.05) is 6.54 Å². The van der Waals surface area contributed by atoms with Crippen LogP contribution in [0.15, 0.2) is 42.5 Å². The number of amides is 2. The van der Waals surface area contributed by atoms with Gasteiger partial charge in [-0.25, -0.2) is 0 Å². The van der Waals surface area contributed by atoms with Crippen molar-refractivity contribution in [1.29, 1.82) is 0 Å². The Hall–Kier alpha value is -2.58. The standard InChI is InChI=1S/C19H18F3N3O2.ClH/c20-19(21,22)16-4-2-1-3-15(16)18(27)25-11-17(26)24-8-12-5-6-13-9-23-10-14(13)7-12;/h1-7,23H,8-11H2,(H,24,26)(H,25,27);1H. The van der Waals surface area contributed by atoms with E-state index in [-0.39, 0.29) is 19.0 Å². The Labute approximate surface area is 166 Å². The molecule has 1 aliphatic rings. The van der Waals surface area contributed by atoms with E-state index in [0.717, 1.165) is 30.8 Å². The van der Waals surface area contributed by atoms with E-state index in [1.165, 1.54) is 23.3 Å². The molecule has 0 atom stereocenters. The molecule has 28 heavy (non-hydrogen) atoms. The van der Waals surface area contributed by atoms with E-state index in [0.29, 0.717) is 0 Å². The van der Waals surface area contributed by atoms with E-state index < -0.39 is 35.7 Å². The monoisotopic (exact) mass is 413 g/mol. The first-order chi connectivity index (χ1) is 12.8. The Balaban J connectivity index is 0.00000280. The number of carbonyl (C=O) groups is 2. The molecule has 0 aliphatic carbocycles. The summed E-state index contributed by atoms with van der Waals surface area (Å²) in [5.74, 6) is -1.42. The van der Waals surface area contributed by atoms with Crippen molar-refractivity contribution >= 4 is 24.2 Å². The third-order valence-electron chi connectivity index (χ3n) is 4.28. The third-order valence-corrected chi connectivity index (χ3v) is 4.28. The van der Waals surface area contributed by atoms with E-state index in [2.05, 4.69) is 16.0 Å². The molecular weight excluding hydrogens is 395 g/mol. The summed E-state index contributed by atoms with van der Waals surface area (Å²) >= 11 is 0. The van der Waals surface area contributed by atoms with Crippen molar-refractivity contribution in [1.82, 2.24) is 16.0 Å². The molecule has 1 aliphatic heterocycles. The predicted octanol–water partition coefficient (Wildman–Crippen LogP) is 2.78. The second kappa shape index (κ2) is 9.07. The van der Waals surface area contributed by atoms with Gasteiger partial charge in [0.1, 0.15) is 0 Å². The Morgan fingerprint density at radius 2 is 1.71 bits per heavy atom. The summed E-state index contributed by atoms with van der Waals surface area (Å²) in [4.78, 5) is 23.9. The molecule has 2 amide bonds. The normalized spacial score (nSPS) is 12.7. The van der Waals surface area contributed by atoms with Crippen molar-refractivity contribution in [3.8, 4) is 0 Å². The zero-order valence-corrected chi connectivity index (χ0v) is 15.5. The van der Waals surface area contributed by atoms with Gasteiger partial charge in [-0.3, -0.25) is 9.59 Å². The lowest BCUT2D eigenvalue weighted by molar-refractivity contribution is -0.137. The van der Waals surface area contributed by atoms with Gasteiger partial charge >= 0.3 is 6.18 Å². The lowest BCUT2D eigenvalue weighted by Crippen LogP contribution is -2.37. The molecule has 150 valence electrons. The number of fused-ring (bicyclic) bond motifs is 1. The van der Waals surface area contributed by atoms with Crippen molar-refractivity contribution in [3.05, 3.63) is 70.3 Å². The number of hydrogen-bond acceptors (Lipinski definition) is 3. The minimum Gasteiger partial charge on any atom is -0.350 e.